The number of pyridine rings is 1. The molecule has 280 valence electrons. The molecule has 0 atom stereocenters. The van der Waals surface area contributed by atoms with Crippen LogP contribution in [0.15, 0.2) is 140 Å². The van der Waals surface area contributed by atoms with E-state index in [0.717, 1.165) is 44.3 Å². The summed E-state index contributed by atoms with van der Waals surface area (Å²) in [7, 11) is 0. The summed E-state index contributed by atoms with van der Waals surface area (Å²) < 4.78 is 0. The van der Waals surface area contributed by atoms with Crippen LogP contribution in [0.3, 0.4) is 0 Å². The summed E-state index contributed by atoms with van der Waals surface area (Å²) in [4.78, 5) is 10.0. The number of hydrogen-bond donors (Lipinski definition) is 0. The fourth-order valence-electron chi connectivity index (χ4n) is 10.0. The standard InChI is InChI=1S/C54H49N3/c1-3-54(4-2)48-36-40(20-19-38-22-28-44(29-23-38)56-34-10-14-41-12-5-7-17-50(41)56)26-32-47(48)52-49(54)37-43(46-16-9-33-55-53(46)52)27-21-39-24-30-45(31-25-39)57-35-11-15-42-13-6-8-18-51(42)57/h5-9,12-13,16-33,36-37H,3-4,10-11,14-15,34-35H2,1-2H3/b20-19+,27-21+. The van der Waals surface area contributed by atoms with Gasteiger partial charge in [-0.2, -0.15) is 0 Å². The van der Waals surface area contributed by atoms with Crippen LogP contribution in [0.5, 0.6) is 0 Å². The highest BCUT2D eigenvalue weighted by molar-refractivity contribution is 6.04. The molecule has 0 bridgehead atoms. The van der Waals surface area contributed by atoms with Gasteiger partial charge in [-0.3, -0.25) is 4.98 Å². The normalized spacial score (nSPS) is 15.5. The van der Waals surface area contributed by atoms with Crippen molar-refractivity contribution < 1.29 is 0 Å². The minimum Gasteiger partial charge on any atom is -0.341 e. The first-order valence-electron chi connectivity index (χ1n) is 21.0. The molecule has 57 heavy (non-hydrogen) atoms. The van der Waals surface area contributed by atoms with E-state index >= 15 is 0 Å². The van der Waals surface area contributed by atoms with Gasteiger partial charge in [-0.1, -0.05) is 123 Å². The quantitative estimate of drug-likeness (QED) is 0.145. The van der Waals surface area contributed by atoms with Gasteiger partial charge < -0.3 is 9.80 Å². The topological polar surface area (TPSA) is 19.4 Å². The van der Waals surface area contributed by atoms with E-state index < -0.39 is 0 Å². The fourth-order valence-corrected chi connectivity index (χ4v) is 10.0. The Morgan fingerprint density at radius 1 is 0.561 bits per heavy atom. The van der Waals surface area contributed by atoms with E-state index in [2.05, 4.69) is 181 Å². The third kappa shape index (κ3) is 6.17. The van der Waals surface area contributed by atoms with Crippen molar-refractivity contribution in [2.75, 3.05) is 22.9 Å². The Kier molecular flexibility index (Phi) is 9.10. The van der Waals surface area contributed by atoms with Crippen molar-refractivity contribution in [2.45, 2.75) is 57.8 Å². The fraction of sp³-hybridized carbons (Fsp3) is 0.204. The van der Waals surface area contributed by atoms with E-state index in [1.165, 1.54) is 96.6 Å². The summed E-state index contributed by atoms with van der Waals surface area (Å²) in [5.41, 5.74) is 19.4. The summed E-state index contributed by atoms with van der Waals surface area (Å²) in [6.45, 7) is 6.83. The molecule has 3 aliphatic rings. The van der Waals surface area contributed by atoms with E-state index in [9.17, 15) is 0 Å². The summed E-state index contributed by atoms with van der Waals surface area (Å²) in [5.74, 6) is 0. The van der Waals surface area contributed by atoms with Crippen molar-refractivity contribution in [3.8, 4) is 11.1 Å². The molecule has 0 saturated heterocycles. The Bertz CT molecular complexity index is 2660. The van der Waals surface area contributed by atoms with Gasteiger partial charge >= 0.3 is 0 Å². The second-order valence-electron chi connectivity index (χ2n) is 16.0. The lowest BCUT2D eigenvalue weighted by molar-refractivity contribution is 0.490. The Morgan fingerprint density at radius 3 is 1.74 bits per heavy atom. The van der Waals surface area contributed by atoms with Gasteiger partial charge in [0, 0.05) is 58.4 Å². The smallest absolute Gasteiger partial charge is 0.0789 e. The first kappa shape index (κ1) is 35.2. The summed E-state index contributed by atoms with van der Waals surface area (Å²) in [6, 6.07) is 49.7. The summed E-state index contributed by atoms with van der Waals surface area (Å²) >= 11 is 0. The zero-order valence-electron chi connectivity index (χ0n) is 33.1. The Hall–Kier alpha value is -6.19. The van der Waals surface area contributed by atoms with E-state index in [4.69, 9.17) is 4.98 Å². The molecule has 1 aromatic heterocycles. The lowest BCUT2D eigenvalue weighted by atomic mass is 9.73. The van der Waals surface area contributed by atoms with E-state index in [-0.39, 0.29) is 5.41 Å². The molecule has 3 heterocycles. The molecular formula is C54H49N3. The average molecular weight is 740 g/mol. The van der Waals surface area contributed by atoms with Crippen LogP contribution in [-0.2, 0) is 18.3 Å². The minimum absolute atomic E-state index is 0.0818. The van der Waals surface area contributed by atoms with Crippen LogP contribution < -0.4 is 9.80 Å². The number of benzene rings is 6. The van der Waals surface area contributed by atoms with Gasteiger partial charge in [0.05, 0.1) is 5.52 Å². The van der Waals surface area contributed by atoms with Crippen LogP contribution in [0.1, 0.15) is 84.0 Å². The molecule has 3 heteroatoms. The van der Waals surface area contributed by atoms with Gasteiger partial charge in [-0.05, 0) is 137 Å². The first-order valence-corrected chi connectivity index (χ1v) is 21.0. The van der Waals surface area contributed by atoms with Crippen molar-refractivity contribution >= 4 is 58.0 Å². The van der Waals surface area contributed by atoms with Crippen LogP contribution in [0.2, 0.25) is 0 Å². The van der Waals surface area contributed by atoms with Gasteiger partial charge in [-0.15, -0.1) is 0 Å². The second-order valence-corrected chi connectivity index (χ2v) is 16.0. The molecule has 10 rings (SSSR count). The number of aromatic nitrogens is 1. The number of aryl methyl sites for hydroxylation is 2. The molecular weight excluding hydrogens is 691 g/mol. The molecule has 7 aromatic rings. The number of hydrogen-bond acceptors (Lipinski definition) is 3. The molecule has 0 saturated carbocycles. The van der Waals surface area contributed by atoms with Gasteiger partial charge in [0.25, 0.3) is 0 Å². The summed E-state index contributed by atoms with van der Waals surface area (Å²) in [5, 5.41) is 1.20. The predicted octanol–water partition coefficient (Wildman–Crippen LogP) is 13.8. The average Bonchev–Trinajstić information content (AvgIpc) is 3.56. The van der Waals surface area contributed by atoms with Crippen LogP contribution >= 0.6 is 0 Å². The number of rotatable bonds is 8. The van der Waals surface area contributed by atoms with Crippen molar-refractivity contribution in [3.05, 3.63) is 184 Å². The number of fused-ring (bicyclic) bond motifs is 7. The number of anilines is 4. The van der Waals surface area contributed by atoms with Crippen LogP contribution in [0.25, 0.3) is 46.3 Å². The van der Waals surface area contributed by atoms with Gasteiger partial charge in [-0.25, -0.2) is 0 Å². The monoisotopic (exact) mass is 739 g/mol. The van der Waals surface area contributed by atoms with Crippen LogP contribution in [0, 0.1) is 0 Å². The maximum absolute atomic E-state index is 5.08. The Morgan fingerprint density at radius 2 is 1.12 bits per heavy atom. The van der Waals surface area contributed by atoms with Crippen molar-refractivity contribution in [1.29, 1.82) is 0 Å². The highest BCUT2D eigenvalue weighted by Crippen LogP contribution is 2.55. The predicted molar refractivity (Wildman–Crippen MR) is 243 cm³/mol. The maximum Gasteiger partial charge on any atom is 0.0789 e. The molecule has 0 amide bonds. The zero-order chi connectivity index (χ0) is 38.3. The third-order valence-corrected chi connectivity index (χ3v) is 13.0. The number of para-hydroxylation sites is 2. The third-order valence-electron chi connectivity index (χ3n) is 13.0. The minimum atomic E-state index is -0.0818. The van der Waals surface area contributed by atoms with Crippen molar-refractivity contribution in [3.63, 3.8) is 0 Å². The molecule has 2 aliphatic heterocycles. The second kappa shape index (κ2) is 14.7. The lowest BCUT2D eigenvalue weighted by Gasteiger charge is -2.31. The summed E-state index contributed by atoms with van der Waals surface area (Å²) in [6.07, 6.45) is 17.8. The SMILES string of the molecule is CCC1(CC)c2cc(/C=C/c3ccc(N4CCCc5ccccc54)cc3)ccc2-c2c1cc(/C=C/c1ccc(N3CCCc4ccccc43)cc1)c1cccnc21. The largest absolute Gasteiger partial charge is 0.341 e. The van der Waals surface area contributed by atoms with Crippen LogP contribution in [-0.4, -0.2) is 18.1 Å². The molecule has 0 N–H and O–H groups in total. The van der Waals surface area contributed by atoms with Crippen molar-refractivity contribution in [2.24, 2.45) is 0 Å². The Labute approximate surface area is 337 Å². The molecule has 0 fully saturated rings. The zero-order valence-corrected chi connectivity index (χ0v) is 33.1. The van der Waals surface area contributed by atoms with E-state index in [1.54, 1.807) is 0 Å². The Balaban J connectivity index is 0.944. The molecule has 0 unspecified atom stereocenters. The first-order chi connectivity index (χ1) is 28.1. The maximum atomic E-state index is 5.08. The molecule has 6 aromatic carbocycles. The van der Waals surface area contributed by atoms with Gasteiger partial charge in [0.2, 0.25) is 0 Å². The molecule has 1 aliphatic carbocycles. The van der Waals surface area contributed by atoms with Gasteiger partial charge in [0.1, 0.15) is 0 Å². The van der Waals surface area contributed by atoms with E-state index in [0.29, 0.717) is 0 Å². The van der Waals surface area contributed by atoms with Crippen molar-refractivity contribution in [1.82, 2.24) is 4.98 Å². The van der Waals surface area contributed by atoms with E-state index in [1.807, 2.05) is 6.20 Å². The van der Waals surface area contributed by atoms with Crippen LogP contribution in [0.4, 0.5) is 22.7 Å². The molecule has 0 spiro atoms. The number of nitrogens with zero attached hydrogens (tertiary/aromatic N) is 3. The lowest BCUT2D eigenvalue weighted by Crippen LogP contribution is -2.24. The highest BCUT2D eigenvalue weighted by Gasteiger charge is 2.42. The molecule has 0 radical (unpaired) electrons. The highest BCUT2D eigenvalue weighted by atomic mass is 15.1. The van der Waals surface area contributed by atoms with Gasteiger partial charge in [0.15, 0.2) is 0 Å². The molecule has 3 nitrogen and oxygen atoms in total.